The van der Waals surface area contributed by atoms with E-state index < -0.39 is 11.7 Å². The van der Waals surface area contributed by atoms with Gasteiger partial charge in [-0.15, -0.1) is 0 Å². The summed E-state index contributed by atoms with van der Waals surface area (Å²) in [6, 6.07) is 5.83. The van der Waals surface area contributed by atoms with Gasteiger partial charge < -0.3 is 10.2 Å². The molecule has 0 amide bonds. The van der Waals surface area contributed by atoms with E-state index in [-0.39, 0.29) is 6.04 Å². The van der Waals surface area contributed by atoms with E-state index >= 15 is 0 Å². The molecule has 112 valence electrons. The van der Waals surface area contributed by atoms with Crippen molar-refractivity contribution in [1.29, 1.82) is 0 Å². The zero-order valence-corrected chi connectivity index (χ0v) is 11.9. The van der Waals surface area contributed by atoms with Crippen LogP contribution in [0.5, 0.6) is 0 Å². The maximum absolute atomic E-state index is 13.0. The van der Waals surface area contributed by atoms with E-state index in [1.165, 1.54) is 6.07 Å². The third kappa shape index (κ3) is 3.73. The first-order valence-corrected chi connectivity index (χ1v) is 6.98. The molecule has 0 aliphatic carbocycles. The standard InChI is InChI=1S/C15H21F3N2/c1-11(19-12-7-9-20(2)10-8-12)13-5-3-4-6-14(13)15(16,17)18/h3-6,11-12,19H,7-10H2,1-2H3. The van der Waals surface area contributed by atoms with Crippen molar-refractivity contribution < 1.29 is 13.2 Å². The summed E-state index contributed by atoms with van der Waals surface area (Å²) in [6.07, 6.45) is -2.33. The van der Waals surface area contributed by atoms with Crippen molar-refractivity contribution in [2.75, 3.05) is 20.1 Å². The first-order chi connectivity index (χ1) is 9.38. The third-order valence-electron chi connectivity index (χ3n) is 3.94. The zero-order chi connectivity index (χ0) is 14.8. The molecule has 0 bridgehead atoms. The Labute approximate surface area is 118 Å². The van der Waals surface area contributed by atoms with Gasteiger partial charge in [0.1, 0.15) is 0 Å². The number of piperidine rings is 1. The van der Waals surface area contributed by atoms with Crippen LogP contribution >= 0.6 is 0 Å². The maximum atomic E-state index is 13.0. The largest absolute Gasteiger partial charge is 0.416 e. The highest BCUT2D eigenvalue weighted by atomic mass is 19.4. The van der Waals surface area contributed by atoms with E-state index in [0.717, 1.165) is 32.0 Å². The second-order valence-corrected chi connectivity index (χ2v) is 5.55. The number of nitrogens with zero attached hydrogens (tertiary/aromatic N) is 1. The van der Waals surface area contributed by atoms with Crippen molar-refractivity contribution in [2.24, 2.45) is 0 Å². The number of nitrogens with one attached hydrogen (secondary N) is 1. The van der Waals surface area contributed by atoms with Crippen molar-refractivity contribution in [2.45, 2.75) is 38.0 Å². The third-order valence-corrected chi connectivity index (χ3v) is 3.94. The average Bonchev–Trinajstić information content (AvgIpc) is 2.40. The number of rotatable bonds is 3. The molecule has 20 heavy (non-hydrogen) atoms. The lowest BCUT2D eigenvalue weighted by Gasteiger charge is -2.32. The van der Waals surface area contributed by atoms with Crippen LogP contribution in [0.15, 0.2) is 24.3 Å². The van der Waals surface area contributed by atoms with Gasteiger partial charge in [0.15, 0.2) is 0 Å². The predicted octanol–water partition coefficient (Wildman–Crippen LogP) is 3.45. The van der Waals surface area contributed by atoms with Crippen molar-refractivity contribution in [3.05, 3.63) is 35.4 Å². The molecule has 1 aromatic rings. The summed E-state index contributed by atoms with van der Waals surface area (Å²) in [5.41, 5.74) is -0.202. The zero-order valence-electron chi connectivity index (χ0n) is 11.9. The van der Waals surface area contributed by atoms with Gasteiger partial charge in [-0.2, -0.15) is 13.2 Å². The summed E-state index contributed by atoms with van der Waals surface area (Å²) in [4.78, 5) is 2.24. The van der Waals surface area contributed by atoms with Crippen LogP contribution in [-0.4, -0.2) is 31.1 Å². The van der Waals surface area contributed by atoms with Crippen LogP contribution in [0.25, 0.3) is 0 Å². The Morgan fingerprint density at radius 3 is 2.40 bits per heavy atom. The number of hydrogen-bond donors (Lipinski definition) is 1. The SMILES string of the molecule is CC(NC1CCN(C)CC1)c1ccccc1C(F)(F)F. The topological polar surface area (TPSA) is 15.3 Å². The quantitative estimate of drug-likeness (QED) is 0.915. The summed E-state index contributed by atoms with van der Waals surface area (Å²) < 4.78 is 39.0. The van der Waals surface area contributed by atoms with Crippen LogP contribution in [0.3, 0.4) is 0 Å². The van der Waals surface area contributed by atoms with Crippen LogP contribution < -0.4 is 5.32 Å². The van der Waals surface area contributed by atoms with Gasteiger partial charge in [-0.25, -0.2) is 0 Å². The molecule has 1 saturated heterocycles. The fourth-order valence-corrected chi connectivity index (χ4v) is 2.75. The molecule has 2 nitrogen and oxygen atoms in total. The normalized spacial score (nSPS) is 20.1. The lowest BCUT2D eigenvalue weighted by molar-refractivity contribution is -0.138. The van der Waals surface area contributed by atoms with Crippen LogP contribution in [0.1, 0.15) is 36.9 Å². The van der Waals surface area contributed by atoms with Gasteiger partial charge in [-0.3, -0.25) is 0 Å². The number of hydrogen-bond acceptors (Lipinski definition) is 2. The van der Waals surface area contributed by atoms with E-state index in [2.05, 4.69) is 17.3 Å². The van der Waals surface area contributed by atoms with E-state index in [9.17, 15) is 13.2 Å². The van der Waals surface area contributed by atoms with Gasteiger partial charge in [0.2, 0.25) is 0 Å². The minimum atomic E-state index is -4.29. The minimum Gasteiger partial charge on any atom is -0.307 e. The second kappa shape index (κ2) is 6.14. The molecular weight excluding hydrogens is 265 g/mol. The monoisotopic (exact) mass is 286 g/mol. The van der Waals surface area contributed by atoms with Gasteiger partial charge in [0, 0.05) is 12.1 Å². The summed E-state index contributed by atoms with van der Waals surface area (Å²) in [7, 11) is 2.07. The highest BCUT2D eigenvalue weighted by molar-refractivity contribution is 5.32. The number of likely N-dealkylation sites (tertiary alicyclic amines) is 1. The molecule has 1 heterocycles. The Morgan fingerprint density at radius 1 is 1.20 bits per heavy atom. The molecule has 0 spiro atoms. The molecule has 5 heteroatoms. The number of halogens is 3. The van der Waals surface area contributed by atoms with Gasteiger partial charge in [-0.05, 0) is 51.5 Å². The number of benzene rings is 1. The summed E-state index contributed by atoms with van der Waals surface area (Å²) in [6.45, 7) is 3.79. The van der Waals surface area contributed by atoms with Crippen LogP contribution in [0.2, 0.25) is 0 Å². The Hall–Kier alpha value is -1.07. The molecule has 2 rings (SSSR count). The average molecular weight is 286 g/mol. The Kier molecular flexibility index (Phi) is 4.70. The van der Waals surface area contributed by atoms with Crippen molar-refractivity contribution in [3.8, 4) is 0 Å². The van der Waals surface area contributed by atoms with Gasteiger partial charge >= 0.3 is 6.18 Å². The van der Waals surface area contributed by atoms with Gasteiger partial charge in [0.05, 0.1) is 5.56 Å². The van der Waals surface area contributed by atoms with E-state index in [1.807, 2.05) is 6.92 Å². The molecule has 1 N–H and O–H groups in total. The molecule has 0 radical (unpaired) electrons. The van der Waals surface area contributed by atoms with Crippen LogP contribution in [0.4, 0.5) is 13.2 Å². The van der Waals surface area contributed by atoms with Crippen LogP contribution in [-0.2, 0) is 6.18 Å². The first kappa shape index (κ1) is 15.3. The lowest BCUT2D eigenvalue weighted by Crippen LogP contribution is -2.42. The molecule has 1 atom stereocenters. The Morgan fingerprint density at radius 2 is 1.80 bits per heavy atom. The first-order valence-electron chi connectivity index (χ1n) is 6.98. The fraction of sp³-hybridized carbons (Fsp3) is 0.600. The summed E-state index contributed by atoms with van der Waals surface area (Å²) in [5, 5.41) is 3.34. The molecule has 0 aromatic heterocycles. The summed E-state index contributed by atoms with van der Waals surface area (Å²) >= 11 is 0. The summed E-state index contributed by atoms with van der Waals surface area (Å²) in [5.74, 6) is 0. The minimum absolute atomic E-state index is 0.291. The van der Waals surface area contributed by atoms with Gasteiger partial charge in [-0.1, -0.05) is 18.2 Å². The molecule has 0 saturated carbocycles. The highest BCUT2D eigenvalue weighted by Crippen LogP contribution is 2.34. The van der Waals surface area contributed by atoms with Crippen molar-refractivity contribution in [3.63, 3.8) is 0 Å². The fourth-order valence-electron chi connectivity index (χ4n) is 2.75. The molecular formula is C15H21F3N2. The second-order valence-electron chi connectivity index (χ2n) is 5.55. The van der Waals surface area contributed by atoms with E-state index in [0.29, 0.717) is 11.6 Å². The van der Waals surface area contributed by atoms with E-state index in [4.69, 9.17) is 0 Å². The lowest BCUT2D eigenvalue weighted by atomic mass is 9.98. The van der Waals surface area contributed by atoms with Crippen molar-refractivity contribution in [1.82, 2.24) is 10.2 Å². The molecule has 1 aliphatic heterocycles. The molecule has 1 aliphatic rings. The predicted molar refractivity (Wildman–Crippen MR) is 73.5 cm³/mol. The van der Waals surface area contributed by atoms with Gasteiger partial charge in [0.25, 0.3) is 0 Å². The Balaban J connectivity index is 2.08. The van der Waals surface area contributed by atoms with Crippen molar-refractivity contribution >= 4 is 0 Å². The molecule has 1 fully saturated rings. The van der Waals surface area contributed by atoms with Crippen LogP contribution in [0, 0.1) is 0 Å². The van der Waals surface area contributed by atoms with E-state index in [1.54, 1.807) is 12.1 Å². The number of alkyl halides is 3. The Bertz CT molecular complexity index is 437. The molecule has 1 unspecified atom stereocenters. The highest BCUT2D eigenvalue weighted by Gasteiger charge is 2.34. The maximum Gasteiger partial charge on any atom is 0.416 e. The molecule has 1 aromatic carbocycles. The smallest absolute Gasteiger partial charge is 0.307 e.